The summed E-state index contributed by atoms with van der Waals surface area (Å²) in [7, 11) is 0. The van der Waals surface area contributed by atoms with Gasteiger partial charge in [-0.1, -0.05) is 24.9 Å². The first-order valence-corrected chi connectivity index (χ1v) is 8.43. The van der Waals surface area contributed by atoms with Crippen LogP contribution in [-0.2, 0) is 4.79 Å². The fraction of sp³-hybridized carbons (Fsp3) is 0.235. The molecule has 25 heavy (non-hydrogen) atoms. The number of furan rings is 1. The standard InChI is InChI=1S/C17H17ClN2O4S/c1-2-3-4-15(21)20-17(25)19-10-5-6-11(12(18)9-10)13-7-8-14(24-13)16(22)23/h5-9H,2-4H2,1H3,(H,22,23)(H2,19,20,21,25). The van der Waals surface area contributed by atoms with Crippen molar-refractivity contribution in [2.45, 2.75) is 26.2 Å². The lowest BCUT2D eigenvalue weighted by atomic mass is 10.1. The molecule has 0 bridgehead atoms. The van der Waals surface area contributed by atoms with E-state index in [4.69, 9.17) is 33.3 Å². The summed E-state index contributed by atoms with van der Waals surface area (Å²) in [6.45, 7) is 2.01. The van der Waals surface area contributed by atoms with E-state index >= 15 is 0 Å². The number of carbonyl (C=O) groups excluding carboxylic acids is 1. The predicted molar refractivity (Wildman–Crippen MR) is 100 cm³/mol. The molecular weight excluding hydrogens is 364 g/mol. The number of carboxylic acids is 1. The van der Waals surface area contributed by atoms with E-state index < -0.39 is 5.97 Å². The summed E-state index contributed by atoms with van der Waals surface area (Å²) >= 11 is 11.3. The highest BCUT2D eigenvalue weighted by molar-refractivity contribution is 7.80. The van der Waals surface area contributed by atoms with Crippen LogP contribution in [0, 0.1) is 0 Å². The molecule has 1 aromatic heterocycles. The number of hydrogen-bond donors (Lipinski definition) is 3. The quantitative estimate of drug-likeness (QED) is 0.647. The molecule has 0 aliphatic carbocycles. The summed E-state index contributed by atoms with van der Waals surface area (Å²) < 4.78 is 5.24. The number of benzene rings is 1. The Balaban J connectivity index is 2.04. The summed E-state index contributed by atoms with van der Waals surface area (Å²) in [5.74, 6) is -1.10. The van der Waals surface area contributed by atoms with Crippen LogP contribution in [0.25, 0.3) is 11.3 Å². The van der Waals surface area contributed by atoms with Crippen LogP contribution in [0.15, 0.2) is 34.7 Å². The highest BCUT2D eigenvalue weighted by atomic mass is 35.5. The Bertz CT molecular complexity index is 804. The average molecular weight is 381 g/mol. The molecule has 0 saturated heterocycles. The molecule has 6 nitrogen and oxygen atoms in total. The van der Waals surface area contributed by atoms with E-state index in [0.717, 1.165) is 12.8 Å². The highest BCUT2D eigenvalue weighted by Gasteiger charge is 2.13. The zero-order valence-corrected chi connectivity index (χ0v) is 15.0. The number of halogens is 1. The number of hydrogen-bond acceptors (Lipinski definition) is 4. The number of nitrogens with one attached hydrogen (secondary N) is 2. The van der Waals surface area contributed by atoms with Crippen LogP contribution in [0.5, 0.6) is 0 Å². The Morgan fingerprint density at radius 1 is 1.28 bits per heavy atom. The molecule has 8 heteroatoms. The molecule has 2 rings (SSSR count). The van der Waals surface area contributed by atoms with E-state index in [1.54, 1.807) is 18.2 Å². The summed E-state index contributed by atoms with van der Waals surface area (Å²) in [5.41, 5.74) is 1.15. The number of carbonyl (C=O) groups is 2. The highest BCUT2D eigenvalue weighted by Crippen LogP contribution is 2.31. The second kappa shape index (κ2) is 8.64. The molecule has 1 heterocycles. The number of thiocarbonyl (C=S) groups is 1. The topological polar surface area (TPSA) is 91.6 Å². The number of amides is 1. The minimum atomic E-state index is -1.15. The fourth-order valence-corrected chi connectivity index (χ4v) is 2.58. The van der Waals surface area contributed by atoms with E-state index in [-0.39, 0.29) is 16.8 Å². The number of unbranched alkanes of at least 4 members (excludes halogenated alkanes) is 1. The van der Waals surface area contributed by atoms with E-state index in [9.17, 15) is 9.59 Å². The molecule has 0 saturated carbocycles. The summed E-state index contributed by atoms with van der Waals surface area (Å²) in [5, 5.41) is 14.9. The summed E-state index contributed by atoms with van der Waals surface area (Å²) in [6.07, 6.45) is 2.15. The Kier molecular flexibility index (Phi) is 6.55. The van der Waals surface area contributed by atoms with Gasteiger partial charge >= 0.3 is 5.97 Å². The minimum absolute atomic E-state index is 0.140. The third kappa shape index (κ3) is 5.30. The van der Waals surface area contributed by atoms with Gasteiger partial charge in [0.1, 0.15) is 5.76 Å². The monoisotopic (exact) mass is 380 g/mol. The average Bonchev–Trinajstić information content (AvgIpc) is 3.02. The van der Waals surface area contributed by atoms with Gasteiger partial charge < -0.3 is 20.2 Å². The fourth-order valence-electron chi connectivity index (χ4n) is 2.08. The molecule has 0 radical (unpaired) electrons. The van der Waals surface area contributed by atoms with Crippen molar-refractivity contribution >= 4 is 46.5 Å². The van der Waals surface area contributed by atoms with E-state index in [1.165, 1.54) is 12.1 Å². The number of rotatable bonds is 6. The van der Waals surface area contributed by atoms with Gasteiger partial charge in [0.15, 0.2) is 5.11 Å². The zero-order valence-electron chi connectivity index (χ0n) is 13.5. The first kappa shape index (κ1) is 19.0. The van der Waals surface area contributed by atoms with Gasteiger partial charge in [-0.05, 0) is 49.0 Å². The molecule has 0 unspecified atom stereocenters. The van der Waals surface area contributed by atoms with Crippen molar-refractivity contribution < 1.29 is 19.1 Å². The van der Waals surface area contributed by atoms with Crippen molar-refractivity contribution in [2.75, 3.05) is 5.32 Å². The molecule has 0 spiro atoms. The lowest BCUT2D eigenvalue weighted by molar-refractivity contribution is -0.119. The molecule has 2 aromatic rings. The first-order chi connectivity index (χ1) is 11.9. The van der Waals surface area contributed by atoms with Crippen molar-refractivity contribution in [1.82, 2.24) is 5.32 Å². The molecule has 0 aliphatic rings. The van der Waals surface area contributed by atoms with Gasteiger partial charge in [-0.2, -0.15) is 0 Å². The number of carboxylic acid groups (broad SMARTS) is 1. The predicted octanol–water partition coefficient (Wildman–Crippen LogP) is 4.30. The number of anilines is 1. The van der Waals surface area contributed by atoms with Gasteiger partial charge in [0.05, 0.1) is 5.02 Å². The van der Waals surface area contributed by atoms with Crippen LogP contribution in [0.4, 0.5) is 5.69 Å². The van der Waals surface area contributed by atoms with Crippen molar-refractivity contribution in [1.29, 1.82) is 0 Å². The zero-order chi connectivity index (χ0) is 18.4. The van der Waals surface area contributed by atoms with Crippen LogP contribution in [0.1, 0.15) is 36.7 Å². The second-order valence-corrected chi connectivity index (χ2v) is 6.08. The van der Waals surface area contributed by atoms with Crippen LogP contribution in [0.2, 0.25) is 5.02 Å². The maximum Gasteiger partial charge on any atom is 0.371 e. The Labute approximate surface area is 155 Å². The van der Waals surface area contributed by atoms with Crippen LogP contribution in [-0.4, -0.2) is 22.1 Å². The van der Waals surface area contributed by atoms with Crippen molar-refractivity contribution in [2.24, 2.45) is 0 Å². The first-order valence-electron chi connectivity index (χ1n) is 7.64. The van der Waals surface area contributed by atoms with Crippen molar-refractivity contribution in [3.63, 3.8) is 0 Å². The molecule has 1 amide bonds. The van der Waals surface area contributed by atoms with Gasteiger partial charge in [-0.15, -0.1) is 0 Å². The molecule has 0 fully saturated rings. The van der Waals surface area contributed by atoms with Crippen molar-refractivity contribution in [3.05, 3.63) is 41.1 Å². The smallest absolute Gasteiger partial charge is 0.371 e. The lowest BCUT2D eigenvalue weighted by Gasteiger charge is -2.10. The van der Waals surface area contributed by atoms with Crippen LogP contribution < -0.4 is 10.6 Å². The second-order valence-electron chi connectivity index (χ2n) is 5.27. The molecule has 0 aliphatic heterocycles. The SMILES string of the molecule is CCCCC(=O)NC(=S)Nc1ccc(-c2ccc(C(=O)O)o2)c(Cl)c1. The van der Waals surface area contributed by atoms with Gasteiger partial charge in [-0.25, -0.2) is 4.79 Å². The van der Waals surface area contributed by atoms with Crippen LogP contribution >= 0.6 is 23.8 Å². The largest absolute Gasteiger partial charge is 0.475 e. The van der Waals surface area contributed by atoms with Gasteiger partial charge in [0.2, 0.25) is 11.7 Å². The summed E-state index contributed by atoms with van der Waals surface area (Å²) in [4.78, 5) is 22.5. The molecule has 1 aromatic carbocycles. The third-order valence-corrected chi connectivity index (χ3v) is 3.84. The van der Waals surface area contributed by atoms with Gasteiger partial charge in [-0.3, -0.25) is 4.79 Å². The third-order valence-electron chi connectivity index (χ3n) is 3.32. The maximum absolute atomic E-state index is 11.6. The molecule has 3 N–H and O–H groups in total. The van der Waals surface area contributed by atoms with Crippen LogP contribution in [0.3, 0.4) is 0 Å². The normalized spacial score (nSPS) is 10.3. The Morgan fingerprint density at radius 3 is 2.64 bits per heavy atom. The van der Waals surface area contributed by atoms with E-state index in [1.807, 2.05) is 6.92 Å². The lowest BCUT2D eigenvalue weighted by Crippen LogP contribution is -2.33. The van der Waals surface area contributed by atoms with Gasteiger partial charge in [0.25, 0.3) is 0 Å². The molecule has 132 valence electrons. The summed E-state index contributed by atoms with van der Waals surface area (Å²) in [6, 6.07) is 7.90. The molecular formula is C17H17ClN2O4S. The van der Waals surface area contributed by atoms with E-state index in [0.29, 0.717) is 28.5 Å². The maximum atomic E-state index is 11.6. The van der Waals surface area contributed by atoms with E-state index in [2.05, 4.69) is 10.6 Å². The minimum Gasteiger partial charge on any atom is -0.475 e. The van der Waals surface area contributed by atoms with Gasteiger partial charge in [0, 0.05) is 17.7 Å². The Hall–Kier alpha value is -2.38. The van der Waals surface area contributed by atoms with Crippen molar-refractivity contribution in [3.8, 4) is 11.3 Å². The number of aromatic carboxylic acids is 1. The Morgan fingerprint density at radius 2 is 2.04 bits per heavy atom. The molecule has 0 atom stereocenters.